The molecule has 2 rings (SSSR count). The van der Waals surface area contributed by atoms with Gasteiger partial charge in [0, 0.05) is 29.7 Å². The average Bonchev–Trinajstić information content (AvgIpc) is 2.49. The van der Waals surface area contributed by atoms with Crippen molar-refractivity contribution in [3.8, 4) is 6.07 Å². The SMILES string of the molecule is CN(Cc1ccc(Cl)cc1Cl)c1ncc([N+](=O)[O-])cc1C#N. The summed E-state index contributed by atoms with van der Waals surface area (Å²) in [7, 11) is 1.72. The number of rotatable bonds is 4. The Bertz CT molecular complexity index is 774. The van der Waals surface area contributed by atoms with Gasteiger partial charge in [0.05, 0.1) is 4.92 Å². The summed E-state index contributed by atoms with van der Waals surface area (Å²) in [4.78, 5) is 15.8. The third-order valence-electron chi connectivity index (χ3n) is 2.97. The van der Waals surface area contributed by atoms with Crippen LogP contribution < -0.4 is 4.90 Å². The van der Waals surface area contributed by atoms with Gasteiger partial charge >= 0.3 is 0 Å². The second kappa shape index (κ2) is 6.60. The molecule has 0 aliphatic heterocycles. The van der Waals surface area contributed by atoms with Crippen LogP contribution in [-0.2, 0) is 6.54 Å². The number of anilines is 1. The van der Waals surface area contributed by atoms with Crippen LogP contribution in [0.25, 0.3) is 0 Å². The number of nitrogens with zero attached hydrogens (tertiary/aromatic N) is 4. The molecule has 0 amide bonds. The average molecular weight is 337 g/mol. The Hall–Kier alpha value is -2.36. The fourth-order valence-electron chi connectivity index (χ4n) is 1.91. The summed E-state index contributed by atoms with van der Waals surface area (Å²) in [6, 6.07) is 8.23. The van der Waals surface area contributed by atoms with Gasteiger partial charge in [0.2, 0.25) is 0 Å². The van der Waals surface area contributed by atoms with Gasteiger partial charge in [-0.25, -0.2) is 4.98 Å². The molecule has 22 heavy (non-hydrogen) atoms. The third kappa shape index (κ3) is 3.45. The minimum Gasteiger partial charge on any atom is -0.354 e. The summed E-state index contributed by atoms with van der Waals surface area (Å²) < 4.78 is 0. The van der Waals surface area contributed by atoms with Crippen molar-refractivity contribution in [1.29, 1.82) is 5.26 Å². The quantitative estimate of drug-likeness (QED) is 0.626. The van der Waals surface area contributed by atoms with E-state index in [0.29, 0.717) is 22.4 Å². The first kappa shape index (κ1) is 16.0. The normalized spacial score (nSPS) is 10.1. The molecule has 1 heterocycles. The maximum Gasteiger partial charge on any atom is 0.289 e. The first-order valence-electron chi connectivity index (χ1n) is 6.12. The summed E-state index contributed by atoms with van der Waals surface area (Å²) >= 11 is 12.0. The molecule has 0 saturated heterocycles. The van der Waals surface area contributed by atoms with Crippen molar-refractivity contribution >= 4 is 34.7 Å². The predicted molar refractivity (Wildman–Crippen MR) is 84.2 cm³/mol. The monoisotopic (exact) mass is 336 g/mol. The van der Waals surface area contributed by atoms with Crippen molar-refractivity contribution in [2.24, 2.45) is 0 Å². The van der Waals surface area contributed by atoms with E-state index in [1.54, 1.807) is 30.1 Å². The van der Waals surface area contributed by atoms with E-state index < -0.39 is 4.92 Å². The Balaban J connectivity index is 2.31. The molecule has 0 bridgehead atoms. The Labute approximate surface area is 136 Å². The molecule has 1 aromatic heterocycles. The number of halogens is 2. The van der Waals surface area contributed by atoms with Crippen LogP contribution in [-0.4, -0.2) is 17.0 Å². The molecule has 0 N–H and O–H groups in total. The van der Waals surface area contributed by atoms with E-state index in [-0.39, 0.29) is 11.3 Å². The van der Waals surface area contributed by atoms with Crippen molar-refractivity contribution in [3.05, 3.63) is 61.7 Å². The summed E-state index contributed by atoms with van der Waals surface area (Å²) in [6.07, 6.45) is 1.12. The van der Waals surface area contributed by atoms with E-state index in [2.05, 4.69) is 4.98 Å². The van der Waals surface area contributed by atoms with E-state index in [4.69, 9.17) is 28.5 Å². The van der Waals surface area contributed by atoms with Gasteiger partial charge in [0.25, 0.3) is 5.69 Å². The number of aromatic nitrogens is 1. The molecule has 0 fully saturated rings. The first-order valence-corrected chi connectivity index (χ1v) is 6.87. The molecule has 0 saturated carbocycles. The van der Waals surface area contributed by atoms with Gasteiger partial charge in [-0.15, -0.1) is 0 Å². The summed E-state index contributed by atoms with van der Waals surface area (Å²) in [5.74, 6) is 0.346. The van der Waals surface area contributed by atoms with E-state index >= 15 is 0 Å². The maximum absolute atomic E-state index is 10.7. The van der Waals surface area contributed by atoms with E-state index in [9.17, 15) is 10.1 Å². The van der Waals surface area contributed by atoms with Gasteiger partial charge < -0.3 is 4.90 Å². The van der Waals surface area contributed by atoms with Gasteiger partial charge in [-0.1, -0.05) is 29.3 Å². The van der Waals surface area contributed by atoms with Crippen LogP contribution in [0.4, 0.5) is 11.5 Å². The van der Waals surface area contributed by atoms with Gasteiger partial charge in [-0.3, -0.25) is 10.1 Å². The van der Waals surface area contributed by atoms with Gasteiger partial charge in [-0.2, -0.15) is 5.26 Å². The lowest BCUT2D eigenvalue weighted by molar-refractivity contribution is -0.385. The Kier molecular flexibility index (Phi) is 4.81. The number of nitro groups is 1. The number of pyridine rings is 1. The molecule has 2 aromatic rings. The van der Waals surface area contributed by atoms with Crippen molar-refractivity contribution in [2.75, 3.05) is 11.9 Å². The molecule has 0 aliphatic rings. The molecule has 0 spiro atoms. The van der Waals surface area contributed by atoms with Crippen molar-refractivity contribution in [2.45, 2.75) is 6.54 Å². The van der Waals surface area contributed by atoms with Gasteiger partial charge in [0.15, 0.2) is 0 Å². The predicted octanol–water partition coefficient (Wildman–Crippen LogP) is 3.80. The lowest BCUT2D eigenvalue weighted by atomic mass is 10.2. The molecule has 8 heteroatoms. The molecule has 112 valence electrons. The minimum absolute atomic E-state index is 0.127. The van der Waals surface area contributed by atoms with E-state index in [1.807, 2.05) is 6.07 Å². The highest BCUT2D eigenvalue weighted by Gasteiger charge is 2.16. The van der Waals surface area contributed by atoms with Crippen LogP contribution in [0.3, 0.4) is 0 Å². The van der Waals surface area contributed by atoms with E-state index in [0.717, 1.165) is 11.8 Å². The topological polar surface area (TPSA) is 83.1 Å². The van der Waals surface area contributed by atoms with Gasteiger partial charge in [-0.05, 0) is 17.7 Å². The Morgan fingerprint density at radius 2 is 2.14 bits per heavy atom. The lowest BCUT2D eigenvalue weighted by Crippen LogP contribution is -2.19. The fraction of sp³-hybridized carbons (Fsp3) is 0.143. The number of hydrogen-bond donors (Lipinski definition) is 0. The highest BCUT2D eigenvalue weighted by molar-refractivity contribution is 6.35. The minimum atomic E-state index is -0.590. The Morgan fingerprint density at radius 1 is 1.41 bits per heavy atom. The van der Waals surface area contributed by atoms with Crippen molar-refractivity contribution < 1.29 is 4.92 Å². The zero-order chi connectivity index (χ0) is 16.3. The number of hydrogen-bond acceptors (Lipinski definition) is 5. The third-order valence-corrected chi connectivity index (χ3v) is 3.55. The molecule has 0 radical (unpaired) electrons. The maximum atomic E-state index is 10.7. The highest BCUT2D eigenvalue weighted by atomic mass is 35.5. The van der Waals surface area contributed by atoms with Crippen LogP contribution in [0.5, 0.6) is 0 Å². The fourth-order valence-corrected chi connectivity index (χ4v) is 2.38. The van der Waals surface area contributed by atoms with Crippen LogP contribution >= 0.6 is 23.2 Å². The first-order chi connectivity index (χ1) is 10.4. The number of nitriles is 1. The van der Waals surface area contributed by atoms with E-state index in [1.165, 1.54) is 6.07 Å². The van der Waals surface area contributed by atoms with Crippen molar-refractivity contribution in [1.82, 2.24) is 4.98 Å². The molecule has 1 aromatic carbocycles. The molecule has 0 aliphatic carbocycles. The van der Waals surface area contributed by atoms with Crippen LogP contribution in [0.1, 0.15) is 11.1 Å². The second-order valence-electron chi connectivity index (χ2n) is 4.53. The number of benzene rings is 1. The summed E-state index contributed by atoms with van der Waals surface area (Å²) in [6.45, 7) is 0.384. The summed E-state index contributed by atoms with van der Waals surface area (Å²) in [5.41, 5.74) is 0.706. The zero-order valence-electron chi connectivity index (χ0n) is 11.5. The van der Waals surface area contributed by atoms with Crippen molar-refractivity contribution in [3.63, 3.8) is 0 Å². The molecular weight excluding hydrogens is 327 g/mol. The summed E-state index contributed by atoms with van der Waals surface area (Å²) in [5, 5.41) is 20.9. The molecule has 6 nitrogen and oxygen atoms in total. The lowest BCUT2D eigenvalue weighted by Gasteiger charge is -2.19. The molecule has 0 unspecified atom stereocenters. The van der Waals surface area contributed by atoms with Crippen LogP contribution in [0.2, 0.25) is 10.0 Å². The zero-order valence-corrected chi connectivity index (χ0v) is 13.0. The Morgan fingerprint density at radius 3 is 2.73 bits per heavy atom. The van der Waals surface area contributed by atoms with Gasteiger partial charge in [0.1, 0.15) is 23.6 Å². The largest absolute Gasteiger partial charge is 0.354 e. The highest BCUT2D eigenvalue weighted by Crippen LogP contribution is 2.26. The second-order valence-corrected chi connectivity index (χ2v) is 5.37. The standard InChI is InChI=1S/C14H10Cl2N4O2/c1-19(8-9-2-3-11(15)5-13(9)16)14-10(6-17)4-12(7-18-14)20(21)22/h2-5,7H,8H2,1H3. The smallest absolute Gasteiger partial charge is 0.289 e. The van der Waals surface area contributed by atoms with Crippen LogP contribution in [0.15, 0.2) is 30.5 Å². The molecule has 0 atom stereocenters. The van der Waals surface area contributed by atoms with Crippen LogP contribution in [0, 0.1) is 21.4 Å². The molecular formula is C14H10Cl2N4O2.